The smallest absolute Gasteiger partial charge is 0.407 e. The summed E-state index contributed by atoms with van der Waals surface area (Å²) in [5.41, 5.74) is 0.776. The van der Waals surface area contributed by atoms with E-state index in [1.807, 2.05) is 24.4 Å². The molecule has 128 valence electrons. The molecule has 5 nitrogen and oxygen atoms in total. The van der Waals surface area contributed by atoms with Gasteiger partial charge in [0.1, 0.15) is 0 Å². The molecule has 1 aliphatic heterocycles. The highest BCUT2D eigenvalue weighted by atomic mass is 35.5. The van der Waals surface area contributed by atoms with Crippen molar-refractivity contribution in [3.63, 3.8) is 0 Å². The maximum atomic E-state index is 11.6. The molecule has 1 saturated heterocycles. The number of nitrogens with zero attached hydrogens (tertiary/aromatic N) is 2. The first-order valence-electron chi connectivity index (χ1n) is 7.98. The van der Waals surface area contributed by atoms with Gasteiger partial charge in [-0.05, 0) is 41.0 Å². The van der Waals surface area contributed by atoms with Crippen LogP contribution in [0.4, 0.5) is 4.79 Å². The lowest BCUT2D eigenvalue weighted by atomic mass is 9.77. The summed E-state index contributed by atoms with van der Waals surface area (Å²) in [4.78, 5) is 17.3. The summed E-state index contributed by atoms with van der Waals surface area (Å²) < 4.78 is 5.55. The number of rotatable bonds is 3. The molecule has 2 aromatic rings. The molecule has 1 aromatic carbocycles. The molecule has 0 bridgehead atoms. The molecule has 0 radical (unpaired) electrons. The number of pyridine rings is 1. The molecule has 1 unspecified atom stereocenters. The van der Waals surface area contributed by atoms with Gasteiger partial charge in [0.15, 0.2) is 0 Å². The molecular formula is C18H21ClN2O3. The maximum Gasteiger partial charge on any atom is 0.407 e. The van der Waals surface area contributed by atoms with Crippen LogP contribution in [0.5, 0.6) is 0 Å². The molecular weight excluding hydrogens is 328 g/mol. The van der Waals surface area contributed by atoms with E-state index in [4.69, 9.17) is 16.3 Å². The van der Waals surface area contributed by atoms with Gasteiger partial charge in [-0.3, -0.25) is 4.98 Å². The molecule has 6 heteroatoms. The summed E-state index contributed by atoms with van der Waals surface area (Å²) >= 11 is 6.27. The number of benzene rings is 1. The Hall–Kier alpha value is -1.85. The topological polar surface area (TPSA) is 62.7 Å². The van der Waals surface area contributed by atoms with E-state index in [1.54, 1.807) is 6.20 Å². The van der Waals surface area contributed by atoms with Gasteiger partial charge < -0.3 is 14.7 Å². The van der Waals surface area contributed by atoms with Gasteiger partial charge in [0, 0.05) is 29.3 Å². The summed E-state index contributed by atoms with van der Waals surface area (Å²) in [6.07, 6.45) is 3.38. The number of amides is 1. The molecule has 0 spiro atoms. The molecule has 1 fully saturated rings. The maximum absolute atomic E-state index is 11.6. The Labute approximate surface area is 146 Å². The zero-order chi connectivity index (χ0) is 17.3. The van der Waals surface area contributed by atoms with E-state index < -0.39 is 6.09 Å². The zero-order valence-electron chi connectivity index (χ0n) is 13.8. The first-order valence-corrected chi connectivity index (χ1v) is 8.36. The number of morpholine rings is 1. The molecule has 0 aliphatic carbocycles. The van der Waals surface area contributed by atoms with Crippen molar-refractivity contribution >= 4 is 28.5 Å². The van der Waals surface area contributed by atoms with Gasteiger partial charge >= 0.3 is 6.09 Å². The lowest BCUT2D eigenvalue weighted by molar-refractivity contribution is -0.0418. The first kappa shape index (κ1) is 17.0. The van der Waals surface area contributed by atoms with Crippen molar-refractivity contribution in [3.05, 3.63) is 41.2 Å². The van der Waals surface area contributed by atoms with E-state index in [1.165, 1.54) is 4.90 Å². The van der Waals surface area contributed by atoms with Crippen LogP contribution >= 0.6 is 11.6 Å². The fourth-order valence-electron chi connectivity index (χ4n) is 3.47. The third kappa shape index (κ3) is 3.32. The Balaban J connectivity index is 1.95. The average Bonchev–Trinajstić information content (AvgIpc) is 2.54. The normalized spacial score (nSPS) is 18.8. The fraction of sp³-hybridized carbons (Fsp3) is 0.444. The van der Waals surface area contributed by atoms with Crippen LogP contribution in [0.15, 0.2) is 30.6 Å². The molecule has 1 aromatic heterocycles. The second-order valence-corrected chi connectivity index (χ2v) is 7.33. The third-order valence-electron chi connectivity index (χ3n) is 4.73. The average molecular weight is 349 g/mol. The highest BCUT2D eigenvalue weighted by Gasteiger charge is 2.39. The second-order valence-electron chi connectivity index (χ2n) is 6.89. The van der Waals surface area contributed by atoms with Crippen LogP contribution < -0.4 is 0 Å². The van der Waals surface area contributed by atoms with Gasteiger partial charge in [-0.1, -0.05) is 25.4 Å². The van der Waals surface area contributed by atoms with E-state index in [9.17, 15) is 9.90 Å². The second kappa shape index (κ2) is 6.57. The summed E-state index contributed by atoms with van der Waals surface area (Å²) in [7, 11) is 0. The van der Waals surface area contributed by atoms with Crippen molar-refractivity contribution in [3.8, 4) is 0 Å². The van der Waals surface area contributed by atoms with E-state index in [-0.39, 0.29) is 11.5 Å². The van der Waals surface area contributed by atoms with Crippen LogP contribution in [-0.2, 0) is 11.2 Å². The predicted molar refractivity (Wildman–Crippen MR) is 93.6 cm³/mol. The minimum Gasteiger partial charge on any atom is -0.465 e. The van der Waals surface area contributed by atoms with Crippen LogP contribution in [0.1, 0.15) is 19.4 Å². The summed E-state index contributed by atoms with van der Waals surface area (Å²) in [6, 6.07) is 5.60. The number of hydrogen-bond donors (Lipinski definition) is 1. The van der Waals surface area contributed by atoms with Gasteiger partial charge in [0.25, 0.3) is 0 Å². The highest BCUT2D eigenvalue weighted by molar-refractivity contribution is 6.31. The molecule has 2 heterocycles. The Morgan fingerprint density at radius 2 is 2.29 bits per heavy atom. The Morgan fingerprint density at radius 3 is 3.04 bits per heavy atom. The van der Waals surface area contributed by atoms with Gasteiger partial charge in [-0.15, -0.1) is 0 Å². The highest BCUT2D eigenvalue weighted by Crippen LogP contribution is 2.35. The van der Waals surface area contributed by atoms with E-state index in [0.29, 0.717) is 31.2 Å². The van der Waals surface area contributed by atoms with Crippen LogP contribution in [0.25, 0.3) is 10.8 Å². The van der Waals surface area contributed by atoms with Crippen LogP contribution in [0.2, 0.25) is 5.02 Å². The Morgan fingerprint density at radius 1 is 1.50 bits per heavy atom. The van der Waals surface area contributed by atoms with Crippen molar-refractivity contribution in [1.82, 2.24) is 9.88 Å². The molecule has 1 N–H and O–H groups in total. The zero-order valence-corrected chi connectivity index (χ0v) is 14.6. The Bertz CT molecular complexity index is 763. The number of halogens is 1. The number of carboxylic acid groups (broad SMARTS) is 1. The molecule has 1 atom stereocenters. The van der Waals surface area contributed by atoms with Crippen LogP contribution in [0.3, 0.4) is 0 Å². The van der Waals surface area contributed by atoms with Crippen molar-refractivity contribution in [1.29, 1.82) is 0 Å². The SMILES string of the molecule is CC(C)(Cc1cc(Cl)cc2ccncc12)C1COCCN1C(=O)O. The van der Waals surface area contributed by atoms with Gasteiger partial charge in [-0.2, -0.15) is 0 Å². The number of aromatic nitrogens is 1. The number of hydrogen-bond acceptors (Lipinski definition) is 3. The molecule has 1 aliphatic rings. The van der Waals surface area contributed by atoms with Gasteiger partial charge in [-0.25, -0.2) is 4.79 Å². The minimum absolute atomic E-state index is 0.200. The first-order chi connectivity index (χ1) is 11.4. The number of fused-ring (bicyclic) bond motifs is 1. The monoisotopic (exact) mass is 348 g/mol. The van der Waals surface area contributed by atoms with Crippen LogP contribution in [-0.4, -0.2) is 46.9 Å². The van der Waals surface area contributed by atoms with Crippen molar-refractivity contribution < 1.29 is 14.6 Å². The predicted octanol–water partition coefficient (Wildman–Crippen LogP) is 3.84. The van der Waals surface area contributed by atoms with E-state index in [2.05, 4.69) is 18.8 Å². The van der Waals surface area contributed by atoms with E-state index >= 15 is 0 Å². The fourth-order valence-corrected chi connectivity index (χ4v) is 3.72. The lowest BCUT2D eigenvalue weighted by Crippen LogP contribution is -2.55. The van der Waals surface area contributed by atoms with Gasteiger partial charge in [0.05, 0.1) is 19.3 Å². The van der Waals surface area contributed by atoms with Crippen molar-refractivity contribution in [2.45, 2.75) is 26.3 Å². The molecule has 24 heavy (non-hydrogen) atoms. The molecule has 0 saturated carbocycles. The summed E-state index contributed by atoms with van der Waals surface area (Å²) in [5.74, 6) is 0. The quantitative estimate of drug-likeness (QED) is 0.915. The molecule has 3 rings (SSSR count). The lowest BCUT2D eigenvalue weighted by Gasteiger charge is -2.43. The number of carbonyl (C=O) groups is 1. The minimum atomic E-state index is -0.894. The third-order valence-corrected chi connectivity index (χ3v) is 4.95. The van der Waals surface area contributed by atoms with Crippen molar-refractivity contribution in [2.24, 2.45) is 5.41 Å². The standard InChI is InChI=1S/C18H21ClN2O3/c1-18(2,16-11-24-6-5-21(16)17(22)23)9-13-8-14(19)7-12-3-4-20-10-15(12)13/h3-4,7-8,10,16H,5-6,9,11H2,1-2H3,(H,22,23). The van der Waals surface area contributed by atoms with Crippen molar-refractivity contribution in [2.75, 3.05) is 19.8 Å². The van der Waals surface area contributed by atoms with E-state index in [0.717, 1.165) is 16.3 Å². The summed E-state index contributed by atoms with van der Waals surface area (Å²) in [6.45, 7) is 5.41. The Kier molecular flexibility index (Phi) is 4.65. The van der Waals surface area contributed by atoms with Crippen LogP contribution in [0, 0.1) is 5.41 Å². The summed E-state index contributed by atoms with van der Waals surface area (Å²) in [5, 5.41) is 12.3. The largest absolute Gasteiger partial charge is 0.465 e. The molecule has 1 amide bonds. The van der Waals surface area contributed by atoms with Gasteiger partial charge in [0.2, 0.25) is 0 Å². The number of ether oxygens (including phenoxy) is 1.